The summed E-state index contributed by atoms with van der Waals surface area (Å²) in [4.78, 5) is 12.3. The third-order valence-corrected chi connectivity index (χ3v) is 3.56. The fourth-order valence-corrected chi connectivity index (χ4v) is 2.43. The molecule has 0 amide bonds. The standard InChI is InChI=1S/C16H31NO4/c1-5-17-16(14-7-8-14,15(18)21-6-2)12-20-10-9-19-11-13(3)4/h13-14,17H,5-12H2,1-4H3. The van der Waals surface area contributed by atoms with Crippen LogP contribution < -0.4 is 5.32 Å². The van der Waals surface area contributed by atoms with Crippen LogP contribution in [0.4, 0.5) is 0 Å². The predicted octanol–water partition coefficient (Wildman–Crippen LogP) is 2.00. The minimum atomic E-state index is -0.678. The third-order valence-electron chi connectivity index (χ3n) is 3.56. The summed E-state index contributed by atoms with van der Waals surface area (Å²) in [5, 5.41) is 3.31. The summed E-state index contributed by atoms with van der Waals surface area (Å²) in [6, 6.07) is 0. The summed E-state index contributed by atoms with van der Waals surface area (Å²) in [5.41, 5.74) is -0.678. The Morgan fingerprint density at radius 3 is 2.43 bits per heavy atom. The smallest absolute Gasteiger partial charge is 0.329 e. The molecule has 1 N–H and O–H groups in total. The SMILES string of the molecule is CCNC(COCCOCC(C)C)(C(=O)OCC)C1CC1. The first-order valence-corrected chi connectivity index (χ1v) is 8.14. The highest BCUT2D eigenvalue weighted by Crippen LogP contribution is 2.40. The molecule has 1 aliphatic rings. The molecule has 0 bridgehead atoms. The first-order valence-electron chi connectivity index (χ1n) is 8.14. The Labute approximate surface area is 128 Å². The maximum absolute atomic E-state index is 12.3. The van der Waals surface area contributed by atoms with E-state index in [1.807, 2.05) is 13.8 Å². The van der Waals surface area contributed by atoms with Crippen LogP contribution in [0.25, 0.3) is 0 Å². The number of esters is 1. The first-order chi connectivity index (χ1) is 10.1. The molecule has 5 nitrogen and oxygen atoms in total. The van der Waals surface area contributed by atoms with Crippen LogP contribution in [0.15, 0.2) is 0 Å². The van der Waals surface area contributed by atoms with Crippen LogP contribution in [0.1, 0.15) is 40.5 Å². The van der Waals surface area contributed by atoms with Gasteiger partial charge in [-0.2, -0.15) is 0 Å². The summed E-state index contributed by atoms with van der Waals surface area (Å²) in [6.07, 6.45) is 2.11. The number of carbonyl (C=O) groups is 1. The van der Waals surface area contributed by atoms with Gasteiger partial charge in [0.1, 0.15) is 5.54 Å². The summed E-state index contributed by atoms with van der Waals surface area (Å²) in [5.74, 6) is 0.669. The van der Waals surface area contributed by atoms with Crippen LogP contribution in [-0.2, 0) is 19.0 Å². The maximum atomic E-state index is 12.3. The molecule has 0 spiro atoms. The Kier molecular flexibility index (Phi) is 8.22. The zero-order valence-corrected chi connectivity index (χ0v) is 13.9. The van der Waals surface area contributed by atoms with Gasteiger partial charge in [-0.15, -0.1) is 0 Å². The number of hydrogen-bond donors (Lipinski definition) is 1. The van der Waals surface area contributed by atoms with Crippen molar-refractivity contribution in [1.29, 1.82) is 0 Å². The van der Waals surface area contributed by atoms with Crippen molar-refractivity contribution in [3.8, 4) is 0 Å². The summed E-state index contributed by atoms with van der Waals surface area (Å²) in [7, 11) is 0. The van der Waals surface area contributed by atoms with Gasteiger partial charge >= 0.3 is 5.97 Å². The van der Waals surface area contributed by atoms with Gasteiger partial charge in [0, 0.05) is 6.61 Å². The molecule has 0 aliphatic heterocycles. The van der Waals surface area contributed by atoms with Crippen molar-refractivity contribution >= 4 is 5.97 Å². The van der Waals surface area contributed by atoms with Crippen molar-refractivity contribution in [2.24, 2.45) is 11.8 Å². The zero-order chi connectivity index (χ0) is 15.7. The van der Waals surface area contributed by atoms with Gasteiger partial charge in [0.05, 0.1) is 26.4 Å². The minimum Gasteiger partial charge on any atom is -0.465 e. The fraction of sp³-hybridized carbons (Fsp3) is 0.938. The van der Waals surface area contributed by atoms with Crippen molar-refractivity contribution in [3.63, 3.8) is 0 Å². The molecule has 5 heteroatoms. The monoisotopic (exact) mass is 301 g/mol. The molecule has 0 aromatic rings. The molecule has 124 valence electrons. The third kappa shape index (κ3) is 5.93. The number of ether oxygens (including phenoxy) is 3. The Morgan fingerprint density at radius 2 is 1.90 bits per heavy atom. The zero-order valence-electron chi connectivity index (χ0n) is 13.9. The van der Waals surface area contributed by atoms with Crippen LogP contribution in [0.3, 0.4) is 0 Å². The maximum Gasteiger partial charge on any atom is 0.329 e. The molecule has 21 heavy (non-hydrogen) atoms. The van der Waals surface area contributed by atoms with Crippen molar-refractivity contribution < 1.29 is 19.0 Å². The van der Waals surface area contributed by atoms with Gasteiger partial charge in [0.25, 0.3) is 0 Å². The van der Waals surface area contributed by atoms with E-state index in [1.165, 1.54) is 0 Å². The van der Waals surface area contributed by atoms with E-state index >= 15 is 0 Å². The molecule has 0 aromatic carbocycles. The Hall–Kier alpha value is -0.650. The van der Waals surface area contributed by atoms with Gasteiger partial charge in [-0.1, -0.05) is 20.8 Å². The van der Waals surface area contributed by atoms with Gasteiger partial charge in [0.2, 0.25) is 0 Å². The second-order valence-electron chi connectivity index (χ2n) is 6.02. The number of nitrogens with one attached hydrogen (secondary N) is 1. The lowest BCUT2D eigenvalue weighted by Crippen LogP contribution is -2.58. The topological polar surface area (TPSA) is 56.8 Å². The second kappa shape index (κ2) is 9.38. The summed E-state index contributed by atoms with van der Waals surface area (Å²) >= 11 is 0. The molecule has 1 atom stereocenters. The Morgan fingerprint density at radius 1 is 1.24 bits per heavy atom. The van der Waals surface area contributed by atoms with E-state index < -0.39 is 5.54 Å². The van der Waals surface area contributed by atoms with E-state index in [0.29, 0.717) is 38.3 Å². The van der Waals surface area contributed by atoms with E-state index in [4.69, 9.17) is 14.2 Å². The average molecular weight is 301 g/mol. The molecule has 1 fully saturated rings. The molecule has 0 saturated heterocycles. The van der Waals surface area contributed by atoms with Crippen LogP contribution in [0, 0.1) is 11.8 Å². The molecular formula is C16H31NO4. The lowest BCUT2D eigenvalue weighted by atomic mass is 9.94. The van der Waals surface area contributed by atoms with Gasteiger partial charge in [-0.05, 0) is 38.1 Å². The molecular weight excluding hydrogens is 270 g/mol. The lowest BCUT2D eigenvalue weighted by Gasteiger charge is -2.32. The predicted molar refractivity (Wildman–Crippen MR) is 82.2 cm³/mol. The molecule has 1 unspecified atom stereocenters. The van der Waals surface area contributed by atoms with E-state index in [0.717, 1.165) is 26.0 Å². The van der Waals surface area contributed by atoms with Gasteiger partial charge in [-0.3, -0.25) is 5.32 Å². The first kappa shape index (κ1) is 18.4. The van der Waals surface area contributed by atoms with E-state index in [9.17, 15) is 4.79 Å². The molecule has 1 aliphatic carbocycles. The number of hydrogen-bond acceptors (Lipinski definition) is 5. The Bertz CT molecular complexity index is 305. The van der Waals surface area contributed by atoms with Crippen molar-refractivity contribution in [3.05, 3.63) is 0 Å². The highest BCUT2D eigenvalue weighted by Gasteiger charge is 2.51. The molecule has 0 radical (unpaired) electrons. The highest BCUT2D eigenvalue weighted by atomic mass is 16.5. The number of likely N-dealkylation sites (N-methyl/N-ethyl adjacent to an activating group) is 1. The van der Waals surface area contributed by atoms with Gasteiger partial charge < -0.3 is 14.2 Å². The summed E-state index contributed by atoms with van der Waals surface area (Å²) < 4.78 is 16.5. The highest BCUT2D eigenvalue weighted by molar-refractivity contribution is 5.82. The van der Waals surface area contributed by atoms with Crippen LogP contribution in [-0.4, -0.2) is 51.1 Å². The fourth-order valence-electron chi connectivity index (χ4n) is 2.43. The van der Waals surface area contributed by atoms with Crippen LogP contribution >= 0.6 is 0 Å². The van der Waals surface area contributed by atoms with E-state index in [1.54, 1.807) is 0 Å². The Balaban J connectivity index is 2.43. The van der Waals surface area contributed by atoms with Crippen LogP contribution in [0.5, 0.6) is 0 Å². The molecule has 1 saturated carbocycles. The normalized spacial score (nSPS) is 17.8. The molecule has 1 rings (SSSR count). The average Bonchev–Trinajstić information content (AvgIpc) is 3.26. The van der Waals surface area contributed by atoms with Crippen molar-refractivity contribution in [2.45, 2.75) is 46.1 Å². The number of carbonyl (C=O) groups excluding carboxylic acids is 1. The van der Waals surface area contributed by atoms with Crippen molar-refractivity contribution in [1.82, 2.24) is 5.32 Å². The van der Waals surface area contributed by atoms with Gasteiger partial charge in [-0.25, -0.2) is 4.79 Å². The molecule has 0 heterocycles. The molecule has 0 aromatic heterocycles. The van der Waals surface area contributed by atoms with Crippen molar-refractivity contribution in [2.75, 3.05) is 39.6 Å². The number of rotatable bonds is 12. The van der Waals surface area contributed by atoms with E-state index in [2.05, 4.69) is 19.2 Å². The minimum absolute atomic E-state index is 0.183. The second-order valence-corrected chi connectivity index (χ2v) is 6.02. The summed E-state index contributed by atoms with van der Waals surface area (Å²) in [6.45, 7) is 11.4. The van der Waals surface area contributed by atoms with Crippen LogP contribution in [0.2, 0.25) is 0 Å². The quantitative estimate of drug-likeness (QED) is 0.441. The van der Waals surface area contributed by atoms with Gasteiger partial charge in [0.15, 0.2) is 0 Å². The largest absolute Gasteiger partial charge is 0.465 e. The lowest BCUT2D eigenvalue weighted by molar-refractivity contribution is -0.156. The van der Waals surface area contributed by atoms with E-state index in [-0.39, 0.29) is 5.97 Å².